The van der Waals surface area contributed by atoms with Crippen LogP contribution in [0.5, 0.6) is 11.5 Å². The Hall–Kier alpha value is -3.07. The molecule has 1 atom stereocenters. The summed E-state index contributed by atoms with van der Waals surface area (Å²) in [5.41, 5.74) is 7.22. The summed E-state index contributed by atoms with van der Waals surface area (Å²) in [7, 11) is 1.61. The van der Waals surface area contributed by atoms with E-state index < -0.39 is 16.6 Å². The number of anilines is 1. The molecule has 0 fully saturated rings. The summed E-state index contributed by atoms with van der Waals surface area (Å²) in [6.45, 7) is 4.14. The van der Waals surface area contributed by atoms with Crippen molar-refractivity contribution in [2.24, 2.45) is 15.5 Å². The molecule has 0 aliphatic carbocycles. The number of rotatable bonds is 7. The maximum Gasteiger partial charge on any atom is 0.245 e. The number of amides is 1. The second-order valence-corrected chi connectivity index (χ2v) is 8.09. The van der Waals surface area contributed by atoms with Crippen molar-refractivity contribution in [3.63, 3.8) is 0 Å². The lowest BCUT2D eigenvalue weighted by molar-refractivity contribution is -0.131. The fourth-order valence-corrected chi connectivity index (χ4v) is 3.42. The van der Waals surface area contributed by atoms with E-state index in [-0.39, 0.29) is 18.3 Å². The van der Waals surface area contributed by atoms with E-state index in [1.165, 1.54) is 0 Å². The molecule has 0 spiro atoms. The van der Waals surface area contributed by atoms with Crippen LogP contribution in [-0.4, -0.2) is 29.7 Å². The predicted molar refractivity (Wildman–Crippen MR) is 113 cm³/mol. The zero-order chi connectivity index (χ0) is 21.0. The van der Waals surface area contributed by atoms with Gasteiger partial charge in [0, 0.05) is 6.54 Å². The van der Waals surface area contributed by atoms with E-state index in [1.54, 1.807) is 39.2 Å². The molecule has 1 aliphatic heterocycles. The number of nitrogens with zero attached hydrogens (tertiary/aromatic N) is 1. The summed E-state index contributed by atoms with van der Waals surface area (Å²) in [6.07, 6.45) is 0. The first-order valence-electron chi connectivity index (χ1n) is 9.00. The van der Waals surface area contributed by atoms with Gasteiger partial charge in [-0.25, -0.2) is 4.21 Å². The molecule has 8 nitrogen and oxygen atoms in total. The van der Waals surface area contributed by atoms with Crippen LogP contribution in [0.15, 0.2) is 46.9 Å². The Bertz CT molecular complexity index is 957. The lowest BCUT2D eigenvalue weighted by Gasteiger charge is -2.25. The number of methoxy groups -OCH3 is 1. The maximum absolute atomic E-state index is 12.7. The minimum absolute atomic E-state index is 0.133. The van der Waals surface area contributed by atoms with E-state index in [0.29, 0.717) is 23.5 Å². The number of amidine groups is 1. The monoisotopic (exact) mass is 416 g/mol. The van der Waals surface area contributed by atoms with E-state index in [0.717, 1.165) is 11.3 Å². The van der Waals surface area contributed by atoms with Crippen LogP contribution in [0.25, 0.3) is 0 Å². The van der Waals surface area contributed by atoms with Crippen LogP contribution < -0.4 is 25.2 Å². The molecule has 2 aromatic rings. The highest BCUT2D eigenvalue weighted by molar-refractivity contribution is 7.85. The van der Waals surface area contributed by atoms with Gasteiger partial charge in [0.05, 0.1) is 23.8 Å². The molecule has 9 heteroatoms. The third kappa shape index (κ3) is 4.86. The molecule has 3 rings (SSSR count). The topological polar surface area (TPSA) is 115 Å². The minimum atomic E-state index is -1.61. The second-order valence-electron chi connectivity index (χ2n) is 7.21. The minimum Gasteiger partial charge on any atom is -0.497 e. The van der Waals surface area contributed by atoms with Crippen molar-refractivity contribution in [1.82, 2.24) is 5.32 Å². The number of carbonyl (C=O) groups excluding carboxylic acids is 1. The van der Waals surface area contributed by atoms with Crippen molar-refractivity contribution >= 4 is 28.6 Å². The molecule has 29 heavy (non-hydrogen) atoms. The SMILES string of the molecule is COc1ccc(CNC(=O)C(C)(C)COc2cccc3c2C(N)=NS(=O)N3)cc1. The zero-order valence-corrected chi connectivity index (χ0v) is 17.3. The number of nitrogens with two attached hydrogens (primary N) is 1. The highest BCUT2D eigenvalue weighted by atomic mass is 32.2. The number of hydrogen-bond acceptors (Lipinski definition) is 5. The predicted octanol–water partition coefficient (Wildman–Crippen LogP) is 2.13. The molecule has 154 valence electrons. The van der Waals surface area contributed by atoms with Gasteiger partial charge in [-0.3, -0.25) is 9.52 Å². The first-order chi connectivity index (χ1) is 13.8. The van der Waals surface area contributed by atoms with Gasteiger partial charge in [-0.2, -0.15) is 4.40 Å². The Kier molecular flexibility index (Phi) is 6.07. The van der Waals surface area contributed by atoms with Crippen molar-refractivity contribution in [3.8, 4) is 11.5 Å². The number of fused-ring (bicyclic) bond motifs is 1. The van der Waals surface area contributed by atoms with Crippen LogP contribution in [0.4, 0.5) is 5.69 Å². The van der Waals surface area contributed by atoms with Gasteiger partial charge in [0.25, 0.3) is 0 Å². The summed E-state index contributed by atoms with van der Waals surface area (Å²) >= 11 is -1.61. The summed E-state index contributed by atoms with van der Waals surface area (Å²) in [5.74, 6) is 1.23. The van der Waals surface area contributed by atoms with E-state index in [9.17, 15) is 9.00 Å². The van der Waals surface area contributed by atoms with Crippen LogP contribution in [-0.2, 0) is 22.5 Å². The second kappa shape index (κ2) is 8.52. The molecular weight excluding hydrogens is 392 g/mol. The molecule has 2 aromatic carbocycles. The van der Waals surface area contributed by atoms with Gasteiger partial charge in [0.15, 0.2) is 0 Å². The first-order valence-corrected chi connectivity index (χ1v) is 10.1. The molecule has 0 bridgehead atoms. The van der Waals surface area contributed by atoms with Crippen molar-refractivity contribution < 1.29 is 18.5 Å². The molecule has 1 heterocycles. The van der Waals surface area contributed by atoms with Crippen molar-refractivity contribution in [1.29, 1.82) is 0 Å². The van der Waals surface area contributed by atoms with E-state index in [4.69, 9.17) is 15.2 Å². The largest absolute Gasteiger partial charge is 0.497 e. The number of nitrogens with one attached hydrogen (secondary N) is 2. The lowest BCUT2D eigenvalue weighted by atomic mass is 9.93. The van der Waals surface area contributed by atoms with Gasteiger partial charge < -0.3 is 20.5 Å². The summed E-state index contributed by atoms with van der Waals surface area (Å²) in [4.78, 5) is 12.7. The lowest BCUT2D eigenvalue weighted by Crippen LogP contribution is -2.40. The van der Waals surface area contributed by atoms with E-state index in [1.807, 2.05) is 24.3 Å². The molecule has 0 aromatic heterocycles. The Balaban J connectivity index is 1.63. The smallest absolute Gasteiger partial charge is 0.245 e. The molecule has 4 N–H and O–H groups in total. The van der Waals surface area contributed by atoms with Crippen LogP contribution in [0.2, 0.25) is 0 Å². The zero-order valence-electron chi connectivity index (χ0n) is 16.5. The van der Waals surface area contributed by atoms with Gasteiger partial charge in [-0.05, 0) is 43.7 Å². The first kappa shape index (κ1) is 20.7. The van der Waals surface area contributed by atoms with Crippen LogP contribution in [0.3, 0.4) is 0 Å². The molecule has 1 unspecified atom stereocenters. The van der Waals surface area contributed by atoms with Crippen molar-refractivity contribution in [3.05, 3.63) is 53.6 Å². The standard InChI is InChI=1S/C20H24N4O4S/c1-20(2,19(25)22-11-13-7-9-14(27-3)10-8-13)12-28-16-6-4-5-15-17(16)18(21)24-29(26)23-15/h4-10,23H,11-12H2,1-3H3,(H2,21,24)(H,22,25). The molecule has 1 amide bonds. The average molecular weight is 417 g/mol. The quantitative estimate of drug-likeness (QED) is 0.640. The van der Waals surface area contributed by atoms with Crippen LogP contribution in [0.1, 0.15) is 25.0 Å². The Morgan fingerprint density at radius 3 is 2.66 bits per heavy atom. The molecule has 1 aliphatic rings. The maximum atomic E-state index is 12.7. The number of ether oxygens (including phenoxy) is 2. The summed E-state index contributed by atoms with van der Waals surface area (Å²) in [5, 5.41) is 2.93. The van der Waals surface area contributed by atoms with Crippen LogP contribution in [0, 0.1) is 5.41 Å². The van der Waals surface area contributed by atoms with E-state index in [2.05, 4.69) is 14.4 Å². The number of benzene rings is 2. The Morgan fingerprint density at radius 1 is 1.24 bits per heavy atom. The number of hydrogen-bond donors (Lipinski definition) is 3. The van der Waals surface area contributed by atoms with Gasteiger partial charge in [0.1, 0.15) is 23.9 Å². The highest BCUT2D eigenvalue weighted by Crippen LogP contribution is 2.31. The van der Waals surface area contributed by atoms with Gasteiger partial charge >= 0.3 is 0 Å². The average Bonchev–Trinajstić information content (AvgIpc) is 2.70. The third-order valence-corrected chi connectivity index (χ3v) is 5.23. The van der Waals surface area contributed by atoms with Gasteiger partial charge in [0.2, 0.25) is 17.1 Å². The fraction of sp³-hybridized carbons (Fsp3) is 0.300. The fourth-order valence-electron chi connectivity index (χ4n) is 2.74. The van der Waals surface area contributed by atoms with Crippen LogP contribution >= 0.6 is 0 Å². The summed E-state index contributed by atoms with van der Waals surface area (Å²) < 4.78 is 29.2. The van der Waals surface area contributed by atoms with Crippen molar-refractivity contribution in [2.45, 2.75) is 20.4 Å². The van der Waals surface area contributed by atoms with Gasteiger partial charge in [-0.1, -0.05) is 18.2 Å². The molecule has 0 saturated heterocycles. The molecular formula is C20H24N4O4S. The Labute approximate surface area is 172 Å². The third-order valence-electron chi connectivity index (χ3n) is 4.48. The van der Waals surface area contributed by atoms with Gasteiger partial charge in [-0.15, -0.1) is 0 Å². The van der Waals surface area contributed by atoms with Crippen molar-refractivity contribution in [2.75, 3.05) is 18.4 Å². The molecule has 0 radical (unpaired) electrons. The highest BCUT2D eigenvalue weighted by Gasteiger charge is 2.29. The number of carbonyl (C=O) groups is 1. The van der Waals surface area contributed by atoms with E-state index >= 15 is 0 Å². The Morgan fingerprint density at radius 2 is 1.97 bits per heavy atom. The normalized spacial score (nSPS) is 15.6. The summed E-state index contributed by atoms with van der Waals surface area (Å²) in [6, 6.07) is 12.7. The molecule has 0 saturated carbocycles.